The molecule has 29 heavy (non-hydrogen) atoms. The van der Waals surface area contributed by atoms with Crippen LogP contribution in [0.4, 0.5) is 18.9 Å². The average molecular weight is 406 g/mol. The number of ether oxygens (including phenoxy) is 1. The Bertz CT molecular complexity index is 815. The van der Waals surface area contributed by atoms with Gasteiger partial charge in [-0.1, -0.05) is 24.3 Å². The van der Waals surface area contributed by atoms with Crippen molar-refractivity contribution in [3.8, 4) is 0 Å². The Balaban J connectivity index is 1.50. The molecule has 2 aromatic rings. The van der Waals surface area contributed by atoms with Gasteiger partial charge in [0.1, 0.15) is 0 Å². The summed E-state index contributed by atoms with van der Waals surface area (Å²) in [6.07, 6.45) is -4.34. The number of aliphatic imine (C=N–C) groups is 1. The SMILES string of the molecule is CN=C(NCc1ccc(N2CCOCC2)cc1)NCc1cccc(C(F)(F)F)c1. The summed E-state index contributed by atoms with van der Waals surface area (Å²) in [6.45, 7) is 4.09. The van der Waals surface area contributed by atoms with Crippen LogP contribution < -0.4 is 15.5 Å². The largest absolute Gasteiger partial charge is 0.416 e. The Hall–Kier alpha value is -2.74. The molecule has 0 bridgehead atoms. The van der Waals surface area contributed by atoms with E-state index in [1.165, 1.54) is 11.8 Å². The quantitative estimate of drug-likeness (QED) is 0.590. The molecule has 0 aliphatic carbocycles. The second-order valence-corrected chi connectivity index (χ2v) is 6.74. The minimum atomic E-state index is -4.34. The number of anilines is 1. The van der Waals surface area contributed by atoms with Crippen molar-refractivity contribution < 1.29 is 17.9 Å². The van der Waals surface area contributed by atoms with E-state index in [1.807, 2.05) is 0 Å². The van der Waals surface area contributed by atoms with Crippen molar-refractivity contribution in [2.45, 2.75) is 19.3 Å². The minimum Gasteiger partial charge on any atom is -0.378 e. The second kappa shape index (κ2) is 9.65. The van der Waals surface area contributed by atoms with Crippen LogP contribution in [0.3, 0.4) is 0 Å². The molecule has 1 heterocycles. The number of nitrogens with one attached hydrogen (secondary N) is 2. The van der Waals surface area contributed by atoms with Gasteiger partial charge >= 0.3 is 6.18 Å². The van der Waals surface area contributed by atoms with Gasteiger partial charge in [-0.2, -0.15) is 13.2 Å². The molecule has 5 nitrogen and oxygen atoms in total. The normalized spacial score (nSPS) is 15.3. The van der Waals surface area contributed by atoms with E-state index >= 15 is 0 Å². The predicted octanol–water partition coefficient (Wildman–Crippen LogP) is 3.41. The second-order valence-electron chi connectivity index (χ2n) is 6.74. The molecule has 2 N–H and O–H groups in total. The van der Waals surface area contributed by atoms with Gasteiger partial charge in [0.25, 0.3) is 0 Å². The summed E-state index contributed by atoms with van der Waals surface area (Å²) in [4.78, 5) is 6.42. The van der Waals surface area contributed by atoms with Gasteiger partial charge in [-0.05, 0) is 35.4 Å². The number of hydrogen-bond acceptors (Lipinski definition) is 3. The standard InChI is InChI=1S/C21H25F3N4O/c1-25-20(27-15-17-3-2-4-18(13-17)21(22,23)24)26-14-16-5-7-19(8-6-16)28-9-11-29-12-10-28/h2-8,13H,9-12,14-15H2,1H3,(H2,25,26,27). The van der Waals surface area contributed by atoms with E-state index in [0.717, 1.165) is 44.0 Å². The number of morpholine rings is 1. The zero-order chi connectivity index (χ0) is 20.7. The van der Waals surface area contributed by atoms with Crippen molar-refractivity contribution in [2.24, 2.45) is 4.99 Å². The van der Waals surface area contributed by atoms with Crippen molar-refractivity contribution >= 4 is 11.6 Å². The highest BCUT2D eigenvalue weighted by Crippen LogP contribution is 2.29. The van der Waals surface area contributed by atoms with Gasteiger partial charge in [-0.15, -0.1) is 0 Å². The lowest BCUT2D eigenvalue weighted by Crippen LogP contribution is -2.36. The Morgan fingerprint density at radius 3 is 2.28 bits per heavy atom. The van der Waals surface area contributed by atoms with E-state index in [-0.39, 0.29) is 6.54 Å². The van der Waals surface area contributed by atoms with Crippen LogP contribution in [0, 0.1) is 0 Å². The van der Waals surface area contributed by atoms with Crippen molar-refractivity contribution in [3.63, 3.8) is 0 Å². The van der Waals surface area contributed by atoms with Crippen LogP contribution in [0.25, 0.3) is 0 Å². The molecule has 156 valence electrons. The van der Waals surface area contributed by atoms with Crippen LogP contribution in [0.1, 0.15) is 16.7 Å². The van der Waals surface area contributed by atoms with Crippen LogP contribution in [0.2, 0.25) is 0 Å². The van der Waals surface area contributed by atoms with Gasteiger partial charge in [0.2, 0.25) is 0 Å². The third-order valence-electron chi connectivity index (χ3n) is 4.71. The molecule has 1 aliphatic heterocycles. The molecular weight excluding hydrogens is 381 g/mol. The Morgan fingerprint density at radius 2 is 1.66 bits per heavy atom. The van der Waals surface area contributed by atoms with Crippen LogP contribution in [0.15, 0.2) is 53.5 Å². The smallest absolute Gasteiger partial charge is 0.378 e. The molecule has 0 saturated carbocycles. The fraction of sp³-hybridized carbons (Fsp3) is 0.381. The first kappa shape index (κ1) is 21.0. The number of nitrogens with zero attached hydrogens (tertiary/aromatic N) is 2. The van der Waals surface area contributed by atoms with Gasteiger partial charge in [-0.25, -0.2) is 0 Å². The van der Waals surface area contributed by atoms with Crippen molar-refractivity contribution in [2.75, 3.05) is 38.3 Å². The summed E-state index contributed by atoms with van der Waals surface area (Å²) < 4.78 is 43.8. The highest BCUT2D eigenvalue weighted by atomic mass is 19.4. The molecule has 0 spiro atoms. The number of hydrogen-bond donors (Lipinski definition) is 2. The van der Waals surface area contributed by atoms with E-state index in [1.54, 1.807) is 13.1 Å². The summed E-state index contributed by atoms with van der Waals surface area (Å²) in [6, 6.07) is 13.5. The summed E-state index contributed by atoms with van der Waals surface area (Å²) >= 11 is 0. The highest BCUT2D eigenvalue weighted by Gasteiger charge is 2.30. The van der Waals surface area contributed by atoms with E-state index in [2.05, 4.69) is 44.8 Å². The van der Waals surface area contributed by atoms with Crippen LogP contribution in [-0.2, 0) is 24.0 Å². The summed E-state index contributed by atoms with van der Waals surface area (Å²) in [5.74, 6) is 0.527. The lowest BCUT2D eigenvalue weighted by Gasteiger charge is -2.28. The van der Waals surface area contributed by atoms with Crippen molar-refractivity contribution in [3.05, 3.63) is 65.2 Å². The third-order valence-corrected chi connectivity index (χ3v) is 4.71. The molecule has 8 heteroatoms. The number of alkyl halides is 3. The lowest BCUT2D eigenvalue weighted by molar-refractivity contribution is -0.137. The van der Waals surface area contributed by atoms with Gasteiger partial charge < -0.3 is 20.3 Å². The van der Waals surface area contributed by atoms with Crippen molar-refractivity contribution in [1.82, 2.24) is 10.6 Å². The van der Waals surface area contributed by atoms with Crippen LogP contribution >= 0.6 is 0 Å². The Morgan fingerprint density at radius 1 is 1.00 bits per heavy atom. The molecular formula is C21H25F3N4O. The fourth-order valence-electron chi connectivity index (χ4n) is 3.10. The van der Waals surface area contributed by atoms with Gasteiger partial charge in [0.05, 0.1) is 18.8 Å². The first-order chi connectivity index (χ1) is 14.0. The molecule has 3 rings (SSSR count). The maximum Gasteiger partial charge on any atom is 0.416 e. The maximum atomic E-state index is 12.8. The van der Waals surface area contributed by atoms with Crippen LogP contribution in [-0.4, -0.2) is 39.3 Å². The molecule has 0 aromatic heterocycles. The summed E-state index contributed by atoms with van der Waals surface area (Å²) in [7, 11) is 1.63. The number of guanidine groups is 1. The zero-order valence-corrected chi connectivity index (χ0v) is 16.3. The van der Waals surface area contributed by atoms with Crippen molar-refractivity contribution in [1.29, 1.82) is 0 Å². The topological polar surface area (TPSA) is 48.9 Å². The minimum absolute atomic E-state index is 0.250. The number of halogens is 3. The van der Waals surface area contributed by atoms with Gasteiger partial charge in [0.15, 0.2) is 5.96 Å². The predicted molar refractivity (Wildman–Crippen MR) is 108 cm³/mol. The first-order valence-electron chi connectivity index (χ1n) is 9.48. The van der Waals surface area contributed by atoms with E-state index in [9.17, 15) is 13.2 Å². The number of rotatable bonds is 5. The molecule has 1 fully saturated rings. The maximum absolute atomic E-state index is 12.8. The molecule has 0 unspecified atom stereocenters. The van der Waals surface area contributed by atoms with E-state index in [0.29, 0.717) is 18.1 Å². The summed E-state index contributed by atoms with van der Waals surface area (Å²) in [5, 5.41) is 6.23. The average Bonchev–Trinajstić information content (AvgIpc) is 2.74. The molecule has 1 saturated heterocycles. The highest BCUT2D eigenvalue weighted by molar-refractivity contribution is 5.79. The molecule has 1 aliphatic rings. The van der Waals surface area contributed by atoms with E-state index in [4.69, 9.17) is 4.74 Å². The first-order valence-corrected chi connectivity index (χ1v) is 9.48. The third kappa shape index (κ3) is 6.12. The molecule has 2 aromatic carbocycles. The van der Waals surface area contributed by atoms with E-state index < -0.39 is 11.7 Å². The van der Waals surface area contributed by atoms with Gasteiger partial charge in [0, 0.05) is 38.9 Å². The summed E-state index contributed by atoms with van der Waals surface area (Å²) in [5.41, 5.74) is 2.14. The molecule has 0 radical (unpaired) electrons. The van der Waals surface area contributed by atoms with Gasteiger partial charge in [-0.3, -0.25) is 4.99 Å². The van der Waals surface area contributed by atoms with Crippen LogP contribution in [0.5, 0.6) is 0 Å². The Kier molecular flexibility index (Phi) is 6.98. The molecule has 0 atom stereocenters. The monoisotopic (exact) mass is 406 g/mol. The molecule has 0 amide bonds. The number of benzene rings is 2. The fourth-order valence-corrected chi connectivity index (χ4v) is 3.10. The Labute approximate surface area is 168 Å². The zero-order valence-electron chi connectivity index (χ0n) is 16.3. The lowest BCUT2D eigenvalue weighted by atomic mass is 10.1.